The van der Waals surface area contributed by atoms with Crippen LogP contribution in [0.2, 0.25) is 0 Å². The monoisotopic (exact) mass is 285 g/mol. The average molecular weight is 285 g/mol. The SMILES string of the molecule is CC(C)(C)C1CCCCC1NCc1ccccc1C1CC1. The van der Waals surface area contributed by atoms with E-state index in [1.54, 1.807) is 11.1 Å². The van der Waals surface area contributed by atoms with Gasteiger partial charge >= 0.3 is 0 Å². The molecule has 0 spiro atoms. The van der Waals surface area contributed by atoms with E-state index in [-0.39, 0.29) is 0 Å². The van der Waals surface area contributed by atoms with E-state index in [0.717, 1.165) is 18.4 Å². The molecule has 0 bridgehead atoms. The predicted octanol–water partition coefficient (Wildman–Crippen LogP) is 5.26. The van der Waals surface area contributed by atoms with Crippen molar-refractivity contribution in [1.82, 2.24) is 5.32 Å². The lowest BCUT2D eigenvalue weighted by Gasteiger charge is -2.41. The highest BCUT2D eigenvalue weighted by molar-refractivity contribution is 5.33. The first-order valence-corrected chi connectivity index (χ1v) is 8.87. The van der Waals surface area contributed by atoms with Crippen molar-refractivity contribution in [2.45, 2.75) is 77.8 Å². The summed E-state index contributed by atoms with van der Waals surface area (Å²) in [5.41, 5.74) is 3.57. The zero-order chi connectivity index (χ0) is 14.9. The molecule has 0 amide bonds. The van der Waals surface area contributed by atoms with Gasteiger partial charge < -0.3 is 5.32 Å². The summed E-state index contributed by atoms with van der Waals surface area (Å²) in [7, 11) is 0. The zero-order valence-corrected chi connectivity index (χ0v) is 14.0. The Kier molecular flexibility index (Phi) is 4.40. The minimum atomic E-state index is 0.425. The van der Waals surface area contributed by atoms with Gasteiger partial charge in [0.25, 0.3) is 0 Å². The maximum Gasteiger partial charge on any atom is 0.0211 e. The Balaban J connectivity index is 1.66. The molecule has 1 aromatic rings. The first-order valence-electron chi connectivity index (χ1n) is 8.87. The third-order valence-electron chi connectivity index (χ3n) is 5.51. The minimum Gasteiger partial charge on any atom is -0.310 e. The van der Waals surface area contributed by atoms with E-state index >= 15 is 0 Å². The van der Waals surface area contributed by atoms with Crippen LogP contribution in [0.15, 0.2) is 24.3 Å². The Hall–Kier alpha value is -0.820. The van der Waals surface area contributed by atoms with Gasteiger partial charge in [0.2, 0.25) is 0 Å². The molecule has 0 aromatic heterocycles. The first-order chi connectivity index (χ1) is 10.1. The molecule has 1 heteroatoms. The summed E-state index contributed by atoms with van der Waals surface area (Å²) in [6, 6.07) is 9.78. The third kappa shape index (κ3) is 3.69. The molecule has 2 saturated carbocycles. The van der Waals surface area contributed by atoms with Crippen LogP contribution in [-0.2, 0) is 6.54 Å². The maximum atomic E-state index is 3.92. The van der Waals surface area contributed by atoms with Gasteiger partial charge in [0.05, 0.1) is 0 Å². The second-order valence-electron chi connectivity index (χ2n) is 8.22. The minimum absolute atomic E-state index is 0.425. The van der Waals surface area contributed by atoms with Crippen LogP contribution >= 0.6 is 0 Å². The lowest BCUT2D eigenvalue weighted by atomic mass is 9.69. The molecule has 2 fully saturated rings. The van der Waals surface area contributed by atoms with E-state index < -0.39 is 0 Å². The average Bonchev–Trinajstić information content (AvgIpc) is 3.29. The number of rotatable bonds is 4. The largest absolute Gasteiger partial charge is 0.310 e. The second-order valence-corrected chi connectivity index (χ2v) is 8.22. The van der Waals surface area contributed by atoms with Crippen LogP contribution in [0.3, 0.4) is 0 Å². The van der Waals surface area contributed by atoms with Crippen LogP contribution in [0.5, 0.6) is 0 Å². The van der Waals surface area contributed by atoms with E-state index in [1.807, 2.05) is 0 Å². The Morgan fingerprint density at radius 3 is 2.43 bits per heavy atom. The standard InChI is InChI=1S/C20H31N/c1-20(2,3)18-10-6-7-11-19(18)21-14-16-8-4-5-9-17(16)15-12-13-15/h4-5,8-9,15,18-19,21H,6-7,10-14H2,1-3H3. The quantitative estimate of drug-likeness (QED) is 0.796. The summed E-state index contributed by atoms with van der Waals surface area (Å²) in [5, 5.41) is 3.92. The van der Waals surface area contributed by atoms with Crippen molar-refractivity contribution in [3.05, 3.63) is 35.4 Å². The van der Waals surface area contributed by atoms with E-state index in [2.05, 4.69) is 50.4 Å². The maximum absolute atomic E-state index is 3.92. The zero-order valence-electron chi connectivity index (χ0n) is 14.0. The summed E-state index contributed by atoms with van der Waals surface area (Å²) < 4.78 is 0. The molecule has 1 aromatic carbocycles. The molecule has 0 heterocycles. The van der Waals surface area contributed by atoms with Gasteiger partial charge in [-0.25, -0.2) is 0 Å². The molecule has 0 radical (unpaired) electrons. The highest BCUT2D eigenvalue weighted by atomic mass is 14.9. The summed E-state index contributed by atoms with van der Waals surface area (Å²) in [6.07, 6.45) is 8.35. The highest BCUT2D eigenvalue weighted by Gasteiger charge is 2.34. The molecular formula is C20H31N. The summed E-state index contributed by atoms with van der Waals surface area (Å²) in [5.74, 6) is 1.67. The van der Waals surface area contributed by atoms with E-state index in [1.165, 1.54) is 38.5 Å². The van der Waals surface area contributed by atoms with Crippen molar-refractivity contribution in [1.29, 1.82) is 0 Å². The molecule has 21 heavy (non-hydrogen) atoms. The van der Waals surface area contributed by atoms with Gasteiger partial charge in [-0.2, -0.15) is 0 Å². The van der Waals surface area contributed by atoms with Gasteiger partial charge in [0, 0.05) is 12.6 Å². The van der Waals surface area contributed by atoms with Crippen LogP contribution in [0, 0.1) is 11.3 Å². The summed E-state index contributed by atoms with van der Waals surface area (Å²) in [4.78, 5) is 0. The number of nitrogens with one attached hydrogen (secondary N) is 1. The van der Waals surface area contributed by atoms with Crippen LogP contribution in [0.1, 0.15) is 76.3 Å². The molecule has 1 N–H and O–H groups in total. The van der Waals surface area contributed by atoms with E-state index in [9.17, 15) is 0 Å². The smallest absolute Gasteiger partial charge is 0.0211 e. The van der Waals surface area contributed by atoms with Gasteiger partial charge in [-0.3, -0.25) is 0 Å². The number of hydrogen-bond donors (Lipinski definition) is 1. The molecule has 3 rings (SSSR count). The second kappa shape index (κ2) is 6.12. The molecule has 2 atom stereocenters. The van der Waals surface area contributed by atoms with Crippen molar-refractivity contribution in [2.24, 2.45) is 11.3 Å². The molecule has 0 saturated heterocycles. The molecule has 2 unspecified atom stereocenters. The van der Waals surface area contributed by atoms with Gasteiger partial charge in [-0.1, -0.05) is 57.9 Å². The Bertz CT molecular complexity index is 467. The Labute approximate surface area is 130 Å². The molecule has 2 aliphatic rings. The molecular weight excluding hydrogens is 254 g/mol. The highest BCUT2D eigenvalue weighted by Crippen LogP contribution is 2.42. The molecule has 0 aliphatic heterocycles. The summed E-state index contributed by atoms with van der Waals surface area (Å²) >= 11 is 0. The van der Waals surface area contributed by atoms with E-state index in [0.29, 0.717) is 11.5 Å². The third-order valence-corrected chi connectivity index (χ3v) is 5.51. The van der Waals surface area contributed by atoms with Gasteiger partial charge in [0.15, 0.2) is 0 Å². The van der Waals surface area contributed by atoms with Gasteiger partial charge in [-0.05, 0) is 54.1 Å². The van der Waals surface area contributed by atoms with Crippen molar-refractivity contribution < 1.29 is 0 Å². The van der Waals surface area contributed by atoms with E-state index in [4.69, 9.17) is 0 Å². The molecule has 1 nitrogen and oxygen atoms in total. The van der Waals surface area contributed by atoms with Gasteiger partial charge in [0.1, 0.15) is 0 Å². The topological polar surface area (TPSA) is 12.0 Å². The predicted molar refractivity (Wildman–Crippen MR) is 90.5 cm³/mol. The van der Waals surface area contributed by atoms with Crippen LogP contribution in [-0.4, -0.2) is 6.04 Å². The van der Waals surface area contributed by atoms with Crippen molar-refractivity contribution in [3.63, 3.8) is 0 Å². The van der Waals surface area contributed by atoms with Crippen molar-refractivity contribution in [2.75, 3.05) is 0 Å². The number of benzene rings is 1. The summed E-state index contributed by atoms with van der Waals surface area (Å²) in [6.45, 7) is 8.30. The van der Waals surface area contributed by atoms with Gasteiger partial charge in [-0.15, -0.1) is 0 Å². The van der Waals surface area contributed by atoms with Crippen LogP contribution in [0.4, 0.5) is 0 Å². The van der Waals surface area contributed by atoms with Crippen molar-refractivity contribution in [3.8, 4) is 0 Å². The van der Waals surface area contributed by atoms with Crippen LogP contribution < -0.4 is 5.32 Å². The Morgan fingerprint density at radius 1 is 1.00 bits per heavy atom. The molecule has 2 aliphatic carbocycles. The first kappa shape index (κ1) is 15.1. The fraction of sp³-hybridized carbons (Fsp3) is 0.700. The van der Waals surface area contributed by atoms with Crippen molar-refractivity contribution >= 4 is 0 Å². The molecule has 116 valence electrons. The lowest BCUT2D eigenvalue weighted by Crippen LogP contribution is -2.44. The Morgan fingerprint density at radius 2 is 1.71 bits per heavy atom. The lowest BCUT2D eigenvalue weighted by molar-refractivity contribution is 0.130. The number of hydrogen-bond acceptors (Lipinski definition) is 1. The normalized spacial score (nSPS) is 26.8. The fourth-order valence-electron chi connectivity index (χ4n) is 4.14. The van der Waals surface area contributed by atoms with Crippen LogP contribution in [0.25, 0.3) is 0 Å². The fourth-order valence-corrected chi connectivity index (χ4v) is 4.14.